The predicted octanol–water partition coefficient (Wildman–Crippen LogP) is 4.06. The molecule has 1 amide bonds. The summed E-state index contributed by atoms with van der Waals surface area (Å²) in [5.41, 5.74) is 1.66. The lowest BCUT2D eigenvalue weighted by Crippen LogP contribution is -2.26. The number of ketones is 1. The summed E-state index contributed by atoms with van der Waals surface area (Å²) < 4.78 is 5.34. The summed E-state index contributed by atoms with van der Waals surface area (Å²) in [4.78, 5) is 24.0. The Bertz CT molecular complexity index is 713. The molecule has 0 fully saturated rings. The van der Waals surface area contributed by atoms with Gasteiger partial charge in [-0.2, -0.15) is 0 Å². The zero-order chi connectivity index (χ0) is 18.1. The van der Waals surface area contributed by atoms with Crippen molar-refractivity contribution in [3.63, 3.8) is 0 Å². The van der Waals surface area contributed by atoms with Crippen molar-refractivity contribution in [1.29, 1.82) is 0 Å². The molecule has 0 aromatic heterocycles. The molecule has 2 aromatic carbocycles. The summed E-state index contributed by atoms with van der Waals surface area (Å²) in [7, 11) is 0. The van der Waals surface area contributed by atoms with Crippen LogP contribution in [0.15, 0.2) is 48.5 Å². The zero-order valence-corrected chi connectivity index (χ0v) is 15.0. The van der Waals surface area contributed by atoms with Crippen LogP contribution in [0, 0.1) is 0 Å². The summed E-state index contributed by atoms with van der Waals surface area (Å²) in [6, 6.07) is 14.5. The van der Waals surface area contributed by atoms with Crippen LogP contribution in [0.2, 0.25) is 5.02 Å². The fraction of sp³-hybridized carbons (Fsp3) is 0.300. The molecule has 0 atom stereocenters. The Labute approximate surface area is 153 Å². The highest BCUT2D eigenvalue weighted by Gasteiger charge is 2.09. The van der Waals surface area contributed by atoms with Gasteiger partial charge in [0.25, 0.3) is 0 Å². The molecule has 25 heavy (non-hydrogen) atoms. The van der Waals surface area contributed by atoms with Crippen molar-refractivity contribution in [3.8, 4) is 5.75 Å². The standard InChI is InChI=1S/C20H22ClNO3/c1-2-25-18-8-6-16(7-9-18)19(23)10-11-20(24)22-13-12-15-4-3-5-17(21)14-15/h3-9,14H,2,10-13H2,1H3,(H,22,24). The number of carbonyl (C=O) groups excluding carboxylic acids is 2. The van der Waals surface area contributed by atoms with Crippen LogP contribution in [0.1, 0.15) is 35.7 Å². The Hall–Kier alpha value is -2.33. The number of Topliss-reactive ketones (excluding diaryl/α,β-unsaturated/α-hetero) is 1. The van der Waals surface area contributed by atoms with Crippen molar-refractivity contribution < 1.29 is 14.3 Å². The maximum atomic E-state index is 12.1. The third kappa shape index (κ3) is 6.59. The molecule has 0 aliphatic rings. The Morgan fingerprint density at radius 2 is 1.84 bits per heavy atom. The van der Waals surface area contributed by atoms with Gasteiger partial charge in [-0.3, -0.25) is 9.59 Å². The third-order valence-corrected chi connectivity index (χ3v) is 3.93. The number of ether oxygens (including phenoxy) is 1. The second kappa shape index (κ2) is 9.84. The van der Waals surface area contributed by atoms with Crippen molar-refractivity contribution in [2.24, 2.45) is 0 Å². The van der Waals surface area contributed by atoms with Gasteiger partial charge in [0.2, 0.25) is 5.91 Å². The molecule has 0 saturated carbocycles. The molecule has 0 aliphatic carbocycles. The number of halogens is 1. The van der Waals surface area contributed by atoms with Gasteiger partial charge in [0.1, 0.15) is 5.75 Å². The van der Waals surface area contributed by atoms with Gasteiger partial charge in [-0.15, -0.1) is 0 Å². The van der Waals surface area contributed by atoms with E-state index in [0.29, 0.717) is 30.2 Å². The van der Waals surface area contributed by atoms with Crippen LogP contribution in [0.4, 0.5) is 0 Å². The number of amides is 1. The average molecular weight is 360 g/mol. The first-order valence-corrected chi connectivity index (χ1v) is 8.73. The lowest BCUT2D eigenvalue weighted by Gasteiger charge is -2.06. The first-order valence-electron chi connectivity index (χ1n) is 8.35. The molecule has 1 N–H and O–H groups in total. The maximum absolute atomic E-state index is 12.1. The van der Waals surface area contributed by atoms with Crippen LogP contribution in [0.5, 0.6) is 5.75 Å². The Morgan fingerprint density at radius 1 is 1.08 bits per heavy atom. The maximum Gasteiger partial charge on any atom is 0.220 e. The lowest BCUT2D eigenvalue weighted by molar-refractivity contribution is -0.121. The van der Waals surface area contributed by atoms with Gasteiger partial charge in [-0.25, -0.2) is 0 Å². The van der Waals surface area contributed by atoms with Crippen LogP contribution >= 0.6 is 11.6 Å². The minimum Gasteiger partial charge on any atom is -0.494 e. The van der Waals surface area contributed by atoms with Crippen LogP contribution in [0.25, 0.3) is 0 Å². The summed E-state index contributed by atoms with van der Waals surface area (Å²) in [6.07, 6.45) is 1.08. The van der Waals surface area contributed by atoms with E-state index in [-0.39, 0.29) is 24.5 Å². The summed E-state index contributed by atoms with van der Waals surface area (Å²) in [6.45, 7) is 3.02. The van der Waals surface area contributed by atoms with Crippen LogP contribution in [-0.2, 0) is 11.2 Å². The van der Waals surface area contributed by atoms with Gasteiger partial charge in [0, 0.05) is 30.0 Å². The second-order valence-corrected chi connectivity index (χ2v) is 6.05. The van der Waals surface area contributed by atoms with E-state index in [2.05, 4.69) is 5.32 Å². The summed E-state index contributed by atoms with van der Waals surface area (Å²) in [5, 5.41) is 3.51. The third-order valence-electron chi connectivity index (χ3n) is 3.69. The SMILES string of the molecule is CCOc1ccc(C(=O)CCC(=O)NCCc2cccc(Cl)c2)cc1. The van der Waals surface area contributed by atoms with Gasteiger partial charge < -0.3 is 10.1 Å². The van der Waals surface area contributed by atoms with Gasteiger partial charge in [0.05, 0.1) is 6.61 Å². The quantitative estimate of drug-likeness (QED) is 0.687. The second-order valence-electron chi connectivity index (χ2n) is 5.61. The Kier molecular flexibility index (Phi) is 7.48. The van der Waals surface area contributed by atoms with E-state index in [9.17, 15) is 9.59 Å². The van der Waals surface area contributed by atoms with Gasteiger partial charge in [-0.1, -0.05) is 23.7 Å². The van der Waals surface area contributed by atoms with Crippen molar-refractivity contribution in [2.45, 2.75) is 26.2 Å². The lowest BCUT2D eigenvalue weighted by atomic mass is 10.1. The zero-order valence-electron chi connectivity index (χ0n) is 14.3. The van der Waals surface area contributed by atoms with E-state index in [1.807, 2.05) is 31.2 Å². The largest absolute Gasteiger partial charge is 0.494 e. The van der Waals surface area contributed by atoms with Gasteiger partial charge in [0.15, 0.2) is 5.78 Å². The fourth-order valence-corrected chi connectivity index (χ4v) is 2.62. The van der Waals surface area contributed by atoms with E-state index in [1.54, 1.807) is 24.3 Å². The minimum absolute atomic E-state index is 0.0481. The molecule has 0 bridgehead atoms. The molecule has 0 spiro atoms. The highest BCUT2D eigenvalue weighted by molar-refractivity contribution is 6.30. The number of hydrogen-bond donors (Lipinski definition) is 1. The summed E-state index contributed by atoms with van der Waals surface area (Å²) >= 11 is 5.92. The van der Waals surface area contributed by atoms with Gasteiger partial charge in [-0.05, 0) is 55.3 Å². The molecule has 2 rings (SSSR count). The van der Waals surface area contributed by atoms with Crippen LogP contribution < -0.4 is 10.1 Å². The molecule has 0 aliphatic heterocycles. The van der Waals surface area contributed by atoms with E-state index in [1.165, 1.54) is 0 Å². The number of nitrogens with one attached hydrogen (secondary N) is 1. The number of hydrogen-bond acceptors (Lipinski definition) is 3. The fourth-order valence-electron chi connectivity index (χ4n) is 2.40. The van der Waals surface area contributed by atoms with Crippen molar-refractivity contribution in [1.82, 2.24) is 5.32 Å². The summed E-state index contributed by atoms with van der Waals surface area (Å²) in [5.74, 6) is 0.562. The smallest absolute Gasteiger partial charge is 0.220 e. The molecule has 0 radical (unpaired) electrons. The molecule has 5 heteroatoms. The molecule has 2 aromatic rings. The van der Waals surface area contributed by atoms with Gasteiger partial charge >= 0.3 is 0 Å². The molecule has 4 nitrogen and oxygen atoms in total. The van der Waals surface area contributed by atoms with E-state index in [4.69, 9.17) is 16.3 Å². The molecule has 0 saturated heterocycles. The first-order chi connectivity index (χ1) is 12.1. The monoisotopic (exact) mass is 359 g/mol. The normalized spacial score (nSPS) is 10.3. The first kappa shape index (κ1) is 19.0. The number of benzene rings is 2. The van der Waals surface area contributed by atoms with E-state index in [0.717, 1.165) is 11.3 Å². The molecule has 0 heterocycles. The van der Waals surface area contributed by atoms with Crippen molar-refractivity contribution >= 4 is 23.3 Å². The van der Waals surface area contributed by atoms with Crippen LogP contribution in [-0.4, -0.2) is 24.8 Å². The highest BCUT2D eigenvalue weighted by atomic mass is 35.5. The van der Waals surface area contributed by atoms with Crippen molar-refractivity contribution in [2.75, 3.05) is 13.2 Å². The van der Waals surface area contributed by atoms with Crippen molar-refractivity contribution in [3.05, 3.63) is 64.7 Å². The predicted molar refractivity (Wildman–Crippen MR) is 99.3 cm³/mol. The molecular weight excluding hydrogens is 338 g/mol. The van der Waals surface area contributed by atoms with E-state index < -0.39 is 0 Å². The number of rotatable bonds is 9. The molecule has 0 unspecified atom stereocenters. The minimum atomic E-state index is -0.124. The van der Waals surface area contributed by atoms with Crippen LogP contribution in [0.3, 0.4) is 0 Å². The highest BCUT2D eigenvalue weighted by Crippen LogP contribution is 2.14. The van der Waals surface area contributed by atoms with E-state index >= 15 is 0 Å². The topological polar surface area (TPSA) is 55.4 Å². The molecule has 132 valence electrons. The Balaban J connectivity index is 1.71. The number of carbonyl (C=O) groups is 2. The average Bonchev–Trinajstić information content (AvgIpc) is 2.61. The Morgan fingerprint density at radius 3 is 2.52 bits per heavy atom. The molecular formula is C20H22ClNO3.